The Labute approximate surface area is 106 Å². The Balaban J connectivity index is 3.46. The fraction of sp³-hybridized carbons (Fsp3) is 0.571. The minimum atomic E-state index is -0.510. The summed E-state index contributed by atoms with van der Waals surface area (Å²) in [5.41, 5.74) is 2.54. The maximum absolute atomic E-state index is 9.01. The summed E-state index contributed by atoms with van der Waals surface area (Å²) >= 11 is 0. The summed E-state index contributed by atoms with van der Waals surface area (Å²) in [6.45, 7) is 13.1. The minimum Gasteiger partial charge on any atom is -0.450 e. The van der Waals surface area contributed by atoms with Gasteiger partial charge in [0.05, 0.1) is 0 Å². The van der Waals surface area contributed by atoms with Crippen molar-refractivity contribution < 1.29 is 9.42 Å². The fourth-order valence-electron chi connectivity index (χ4n) is 2.06. The lowest BCUT2D eigenvalue weighted by Gasteiger charge is -2.31. The number of rotatable bonds is 2. The molecule has 96 valence electrons. The highest BCUT2D eigenvalue weighted by Crippen LogP contribution is 2.40. The van der Waals surface area contributed by atoms with Crippen molar-refractivity contribution in [1.82, 2.24) is 0 Å². The van der Waals surface area contributed by atoms with Crippen molar-refractivity contribution in [3.8, 4) is 5.75 Å². The Morgan fingerprint density at radius 2 is 1.59 bits per heavy atom. The second kappa shape index (κ2) is 4.96. The normalized spacial score (nSPS) is 13.4. The molecular formula is C14H23O2P. The van der Waals surface area contributed by atoms with Crippen molar-refractivity contribution in [2.24, 2.45) is 0 Å². The quantitative estimate of drug-likeness (QED) is 0.803. The first-order chi connectivity index (χ1) is 7.68. The van der Waals surface area contributed by atoms with Crippen molar-refractivity contribution in [3.63, 3.8) is 0 Å². The van der Waals surface area contributed by atoms with E-state index in [9.17, 15) is 0 Å². The molecule has 0 saturated heterocycles. The predicted octanol–water partition coefficient (Wildman–Crippen LogP) is 4.16. The maximum Gasteiger partial charge on any atom is 0.212 e. The molecular weight excluding hydrogens is 231 g/mol. The first kappa shape index (κ1) is 14.5. The molecule has 0 aliphatic rings. The van der Waals surface area contributed by atoms with E-state index in [0.29, 0.717) is 0 Å². The number of hydrogen-bond donors (Lipinski definition) is 1. The molecule has 1 unspecified atom stereocenters. The van der Waals surface area contributed by atoms with E-state index in [4.69, 9.17) is 9.42 Å². The topological polar surface area (TPSA) is 29.5 Å². The molecule has 0 aromatic heterocycles. The van der Waals surface area contributed by atoms with Crippen LogP contribution in [0, 0.1) is 0 Å². The average molecular weight is 254 g/mol. The highest BCUT2D eigenvalue weighted by molar-refractivity contribution is 7.25. The molecule has 0 amide bonds. The molecule has 17 heavy (non-hydrogen) atoms. The third-order valence-corrected chi connectivity index (χ3v) is 3.05. The van der Waals surface area contributed by atoms with Crippen LogP contribution >= 0.6 is 9.03 Å². The van der Waals surface area contributed by atoms with Gasteiger partial charge in [0, 0.05) is 5.56 Å². The molecule has 1 aromatic rings. The van der Waals surface area contributed by atoms with Gasteiger partial charge in [0.2, 0.25) is 9.03 Å². The first-order valence-corrected chi connectivity index (χ1v) is 6.73. The van der Waals surface area contributed by atoms with Crippen molar-refractivity contribution >= 4 is 9.03 Å². The Bertz CT molecular complexity index is 386. The monoisotopic (exact) mass is 254 g/mol. The maximum atomic E-state index is 9.01. The van der Waals surface area contributed by atoms with Gasteiger partial charge in [-0.15, -0.1) is 0 Å². The van der Waals surface area contributed by atoms with E-state index < -0.39 is 9.03 Å². The van der Waals surface area contributed by atoms with Crippen molar-refractivity contribution in [3.05, 3.63) is 29.3 Å². The molecule has 0 aliphatic heterocycles. The largest absolute Gasteiger partial charge is 0.450 e. The van der Waals surface area contributed by atoms with Crippen LogP contribution < -0.4 is 4.52 Å². The van der Waals surface area contributed by atoms with E-state index in [2.05, 4.69) is 47.6 Å². The zero-order valence-electron chi connectivity index (χ0n) is 11.6. The molecule has 0 saturated carbocycles. The molecule has 1 N–H and O–H groups in total. The second-order valence-corrected chi connectivity index (χ2v) is 6.76. The Hall–Kier alpha value is -0.590. The van der Waals surface area contributed by atoms with Gasteiger partial charge in [-0.2, -0.15) is 0 Å². The minimum absolute atomic E-state index is 0.00113. The SMILES string of the molecule is CC(C)(C)c1cccc(OPO)c1C(C)(C)C. The molecule has 1 rings (SSSR count). The lowest BCUT2D eigenvalue weighted by atomic mass is 9.75. The standard InChI is InChI=1S/C14H23O2P/c1-13(2,3)10-8-7-9-11(16-17-15)12(10)14(4,5)6/h7-9,15,17H,1-6H3. The lowest BCUT2D eigenvalue weighted by Crippen LogP contribution is -2.22. The average Bonchev–Trinajstić information content (AvgIpc) is 2.14. The van der Waals surface area contributed by atoms with E-state index in [1.807, 2.05) is 12.1 Å². The number of hydrogen-bond acceptors (Lipinski definition) is 2. The van der Waals surface area contributed by atoms with Gasteiger partial charge >= 0.3 is 0 Å². The van der Waals surface area contributed by atoms with E-state index in [1.54, 1.807) is 0 Å². The van der Waals surface area contributed by atoms with Crippen LogP contribution in [0.15, 0.2) is 18.2 Å². The second-order valence-electron chi connectivity index (χ2n) is 6.37. The Kier molecular flexibility index (Phi) is 4.22. The molecule has 0 aliphatic carbocycles. The zero-order chi connectivity index (χ0) is 13.3. The number of benzene rings is 1. The third kappa shape index (κ3) is 3.43. The highest BCUT2D eigenvalue weighted by atomic mass is 31.1. The molecule has 1 aromatic carbocycles. The molecule has 0 bridgehead atoms. The summed E-state index contributed by atoms with van der Waals surface area (Å²) in [6.07, 6.45) is 0. The molecule has 3 heteroatoms. The van der Waals surface area contributed by atoms with Crippen molar-refractivity contribution in [2.75, 3.05) is 0 Å². The lowest BCUT2D eigenvalue weighted by molar-refractivity contribution is 0.475. The summed E-state index contributed by atoms with van der Waals surface area (Å²) in [4.78, 5) is 9.01. The van der Waals surface area contributed by atoms with Gasteiger partial charge < -0.3 is 9.42 Å². The van der Waals surface area contributed by atoms with E-state index in [1.165, 1.54) is 11.1 Å². The van der Waals surface area contributed by atoms with Gasteiger partial charge in [-0.05, 0) is 22.5 Å². The molecule has 2 nitrogen and oxygen atoms in total. The van der Waals surface area contributed by atoms with Crippen LogP contribution in [0.1, 0.15) is 52.7 Å². The predicted molar refractivity (Wildman–Crippen MR) is 75.0 cm³/mol. The highest BCUT2D eigenvalue weighted by Gasteiger charge is 2.28. The molecule has 0 spiro atoms. The molecule has 0 heterocycles. The van der Waals surface area contributed by atoms with Crippen LogP contribution in [0.5, 0.6) is 5.75 Å². The summed E-state index contributed by atoms with van der Waals surface area (Å²) in [7, 11) is -0.510. The Morgan fingerprint density at radius 3 is 2.00 bits per heavy atom. The summed E-state index contributed by atoms with van der Waals surface area (Å²) < 4.78 is 5.38. The molecule has 1 atom stereocenters. The van der Waals surface area contributed by atoms with Gasteiger partial charge in [0.15, 0.2) is 0 Å². The van der Waals surface area contributed by atoms with Crippen molar-refractivity contribution in [2.45, 2.75) is 52.4 Å². The van der Waals surface area contributed by atoms with Crippen molar-refractivity contribution in [1.29, 1.82) is 0 Å². The fourth-order valence-corrected chi connectivity index (χ4v) is 2.33. The van der Waals surface area contributed by atoms with Gasteiger partial charge in [-0.25, -0.2) is 0 Å². The van der Waals surface area contributed by atoms with Crippen LogP contribution in [0.25, 0.3) is 0 Å². The zero-order valence-corrected chi connectivity index (χ0v) is 12.6. The van der Waals surface area contributed by atoms with Crippen LogP contribution in [0.3, 0.4) is 0 Å². The molecule has 0 fully saturated rings. The molecule has 0 radical (unpaired) electrons. The summed E-state index contributed by atoms with van der Waals surface area (Å²) in [5.74, 6) is 0.797. The van der Waals surface area contributed by atoms with E-state index in [0.717, 1.165) is 5.75 Å². The van der Waals surface area contributed by atoms with E-state index >= 15 is 0 Å². The Morgan fingerprint density at radius 1 is 1.00 bits per heavy atom. The third-order valence-electron chi connectivity index (χ3n) is 2.74. The van der Waals surface area contributed by atoms with Crippen LogP contribution in [-0.2, 0) is 10.8 Å². The van der Waals surface area contributed by atoms with Crippen LogP contribution in [0.4, 0.5) is 0 Å². The van der Waals surface area contributed by atoms with Gasteiger partial charge in [-0.1, -0.05) is 53.7 Å². The van der Waals surface area contributed by atoms with Crippen LogP contribution in [-0.4, -0.2) is 4.89 Å². The summed E-state index contributed by atoms with van der Waals surface area (Å²) in [6, 6.07) is 6.07. The van der Waals surface area contributed by atoms with Crippen LogP contribution in [0.2, 0.25) is 0 Å². The first-order valence-electron chi connectivity index (χ1n) is 5.88. The van der Waals surface area contributed by atoms with Gasteiger partial charge in [0.1, 0.15) is 5.75 Å². The van der Waals surface area contributed by atoms with E-state index in [-0.39, 0.29) is 10.8 Å². The van der Waals surface area contributed by atoms with Gasteiger partial charge in [0.25, 0.3) is 0 Å². The smallest absolute Gasteiger partial charge is 0.212 e. The summed E-state index contributed by atoms with van der Waals surface area (Å²) in [5, 5.41) is 0. The van der Waals surface area contributed by atoms with Gasteiger partial charge in [-0.3, -0.25) is 0 Å².